The monoisotopic (exact) mass is 280 g/mol. The van der Waals surface area contributed by atoms with Crippen molar-refractivity contribution in [2.75, 3.05) is 31.3 Å². The zero-order valence-corrected chi connectivity index (χ0v) is 11.1. The molecule has 0 radical (unpaired) electrons. The molecule has 2 heterocycles. The van der Waals surface area contributed by atoms with Gasteiger partial charge in [-0.2, -0.15) is 0 Å². The summed E-state index contributed by atoms with van der Waals surface area (Å²) in [4.78, 5) is 28.9. The summed E-state index contributed by atoms with van der Waals surface area (Å²) in [5.74, 6) is -1.20. The normalized spacial score (nSPS) is 18.6. The summed E-state index contributed by atoms with van der Waals surface area (Å²) in [6.45, 7) is 2.78. The van der Waals surface area contributed by atoms with Crippen LogP contribution >= 0.6 is 0 Å². The van der Waals surface area contributed by atoms with Gasteiger partial charge in [0.15, 0.2) is 6.04 Å². The lowest BCUT2D eigenvalue weighted by molar-refractivity contribution is -0.141. The van der Waals surface area contributed by atoms with Crippen LogP contribution in [-0.2, 0) is 14.3 Å². The molecule has 0 aromatic carbocycles. The van der Waals surface area contributed by atoms with Crippen molar-refractivity contribution >= 4 is 17.8 Å². The minimum atomic E-state index is -1.01. The highest BCUT2D eigenvalue weighted by Gasteiger charge is 2.32. The Kier molecular flexibility index (Phi) is 4.52. The number of esters is 1. The molecular weight excluding hydrogens is 264 g/mol. The Morgan fingerprint density at radius 1 is 1.60 bits per heavy atom. The van der Waals surface area contributed by atoms with E-state index in [9.17, 15) is 14.7 Å². The predicted molar refractivity (Wildman–Crippen MR) is 69.8 cm³/mol. The van der Waals surface area contributed by atoms with E-state index in [4.69, 9.17) is 9.47 Å². The molecular formula is C13H16N2O5. The maximum absolute atomic E-state index is 11.9. The quantitative estimate of drug-likeness (QED) is 0.805. The summed E-state index contributed by atoms with van der Waals surface area (Å²) >= 11 is 0. The van der Waals surface area contributed by atoms with Crippen molar-refractivity contribution in [1.29, 1.82) is 0 Å². The first-order valence-electron chi connectivity index (χ1n) is 6.34. The van der Waals surface area contributed by atoms with Gasteiger partial charge in [0.1, 0.15) is 11.4 Å². The first-order valence-corrected chi connectivity index (χ1v) is 6.34. The lowest BCUT2D eigenvalue weighted by atomic mass is 10.1. The molecule has 1 N–H and O–H groups in total. The lowest BCUT2D eigenvalue weighted by Gasteiger charge is -2.34. The molecule has 2 rings (SSSR count). The van der Waals surface area contributed by atoms with Crippen LogP contribution in [0, 0.1) is 0 Å². The largest absolute Gasteiger partial charge is 0.480 e. The number of carbonyl (C=O) groups excluding carboxylic acids is 1. The second kappa shape index (κ2) is 6.33. The number of carboxylic acid groups (broad SMARTS) is 1. The number of aromatic nitrogens is 1. The Bertz CT molecular complexity index is 505. The third-order valence-corrected chi connectivity index (χ3v) is 2.97. The number of rotatable bonds is 4. The SMILES string of the molecule is CCOC(=O)c1cccnc1N1CCOCC1C(=O)O. The van der Waals surface area contributed by atoms with Gasteiger partial charge in [0.2, 0.25) is 0 Å². The number of morpholine rings is 1. The van der Waals surface area contributed by atoms with E-state index in [0.717, 1.165) is 0 Å². The first kappa shape index (κ1) is 14.3. The Balaban J connectivity index is 2.35. The molecule has 20 heavy (non-hydrogen) atoms. The minimum absolute atomic E-state index is 0.0637. The van der Waals surface area contributed by atoms with Crippen molar-refractivity contribution in [3.8, 4) is 0 Å². The van der Waals surface area contributed by atoms with E-state index in [-0.39, 0.29) is 18.8 Å². The van der Waals surface area contributed by atoms with Crippen LogP contribution in [0.5, 0.6) is 0 Å². The molecule has 1 fully saturated rings. The molecule has 1 unspecified atom stereocenters. The molecule has 0 spiro atoms. The summed E-state index contributed by atoms with van der Waals surface area (Å²) < 4.78 is 10.1. The lowest BCUT2D eigenvalue weighted by Crippen LogP contribution is -2.51. The number of anilines is 1. The smallest absolute Gasteiger partial charge is 0.341 e. The van der Waals surface area contributed by atoms with E-state index < -0.39 is 18.0 Å². The molecule has 0 amide bonds. The number of pyridine rings is 1. The number of carboxylic acids is 1. The summed E-state index contributed by atoms with van der Waals surface area (Å²) in [5, 5.41) is 9.24. The third-order valence-electron chi connectivity index (χ3n) is 2.97. The van der Waals surface area contributed by atoms with Crippen LogP contribution in [0.3, 0.4) is 0 Å². The van der Waals surface area contributed by atoms with E-state index in [1.165, 1.54) is 6.20 Å². The van der Waals surface area contributed by atoms with Crippen molar-refractivity contribution in [2.24, 2.45) is 0 Å². The van der Waals surface area contributed by atoms with E-state index in [1.807, 2.05) is 0 Å². The maximum atomic E-state index is 11.9. The molecule has 0 aliphatic carbocycles. The molecule has 108 valence electrons. The Hall–Kier alpha value is -2.15. The fraction of sp³-hybridized carbons (Fsp3) is 0.462. The van der Waals surface area contributed by atoms with Crippen molar-refractivity contribution in [3.05, 3.63) is 23.9 Å². The summed E-state index contributed by atoms with van der Waals surface area (Å²) in [5.41, 5.74) is 0.266. The maximum Gasteiger partial charge on any atom is 0.341 e. The van der Waals surface area contributed by atoms with Crippen molar-refractivity contribution < 1.29 is 24.2 Å². The average Bonchev–Trinajstić information content (AvgIpc) is 2.47. The predicted octanol–water partition coefficient (Wildman–Crippen LogP) is 0.548. The van der Waals surface area contributed by atoms with Crippen LogP contribution in [0.25, 0.3) is 0 Å². The summed E-state index contributed by atoms with van der Waals surface area (Å²) in [6.07, 6.45) is 1.52. The van der Waals surface area contributed by atoms with Gasteiger partial charge in [-0.15, -0.1) is 0 Å². The van der Waals surface area contributed by atoms with E-state index in [0.29, 0.717) is 19.0 Å². The number of ether oxygens (including phenoxy) is 2. The minimum Gasteiger partial charge on any atom is -0.480 e. The second-order valence-electron chi connectivity index (χ2n) is 4.22. The Labute approximate surface area is 116 Å². The van der Waals surface area contributed by atoms with Gasteiger partial charge in [-0.05, 0) is 19.1 Å². The van der Waals surface area contributed by atoms with Gasteiger partial charge >= 0.3 is 11.9 Å². The highest BCUT2D eigenvalue weighted by atomic mass is 16.5. The van der Waals surface area contributed by atoms with Crippen LogP contribution in [-0.4, -0.2) is 54.4 Å². The van der Waals surface area contributed by atoms with Gasteiger partial charge in [0, 0.05) is 12.7 Å². The first-order chi connectivity index (χ1) is 9.65. The van der Waals surface area contributed by atoms with Crippen LogP contribution in [0.15, 0.2) is 18.3 Å². The van der Waals surface area contributed by atoms with Gasteiger partial charge in [-0.25, -0.2) is 14.6 Å². The van der Waals surface area contributed by atoms with E-state index in [1.54, 1.807) is 24.0 Å². The number of carbonyl (C=O) groups is 2. The molecule has 7 heteroatoms. The third kappa shape index (κ3) is 2.88. The molecule has 1 saturated heterocycles. The van der Waals surface area contributed by atoms with Gasteiger partial charge in [0.05, 0.1) is 19.8 Å². The number of hydrogen-bond acceptors (Lipinski definition) is 6. The Morgan fingerprint density at radius 3 is 3.10 bits per heavy atom. The molecule has 7 nitrogen and oxygen atoms in total. The summed E-state index contributed by atoms with van der Waals surface area (Å²) in [7, 11) is 0. The van der Waals surface area contributed by atoms with Crippen LogP contribution in [0.2, 0.25) is 0 Å². The number of nitrogens with zero attached hydrogens (tertiary/aromatic N) is 2. The van der Waals surface area contributed by atoms with E-state index >= 15 is 0 Å². The zero-order chi connectivity index (χ0) is 14.5. The van der Waals surface area contributed by atoms with Crippen LogP contribution in [0.4, 0.5) is 5.82 Å². The highest BCUT2D eigenvalue weighted by molar-refractivity contribution is 5.95. The molecule has 1 aromatic heterocycles. The molecule has 1 atom stereocenters. The molecule has 1 aromatic rings. The van der Waals surface area contributed by atoms with Crippen molar-refractivity contribution in [1.82, 2.24) is 4.98 Å². The fourth-order valence-corrected chi connectivity index (χ4v) is 2.06. The fourth-order valence-electron chi connectivity index (χ4n) is 2.06. The molecule has 0 bridgehead atoms. The van der Waals surface area contributed by atoms with Crippen molar-refractivity contribution in [3.63, 3.8) is 0 Å². The van der Waals surface area contributed by atoms with Gasteiger partial charge in [0.25, 0.3) is 0 Å². The van der Waals surface area contributed by atoms with Gasteiger partial charge in [-0.1, -0.05) is 0 Å². The standard InChI is InChI=1S/C13H16N2O5/c1-2-20-13(18)9-4-3-5-14-11(9)15-6-7-19-8-10(15)12(16)17/h3-5,10H,2,6-8H2,1H3,(H,16,17). The van der Waals surface area contributed by atoms with E-state index in [2.05, 4.69) is 4.98 Å². The number of aliphatic carboxylic acids is 1. The number of hydrogen-bond donors (Lipinski definition) is 1. The van der Waals surface area contributed by atoms with Crippen LogP contribution in [0.1, 0.15) is 17.3 Å². The van der Waals surface area contributed by atoms with Gasteiger partial charge in [-0.3, -0.25) is 0 Å². The van der Waals surface area contributed by atoms with Gasteiger partial charge < -0.3 is 19.5 Å². The summed E-state index contributed by atoms with van der Waals surface area (Å²) in [6, 6.07) is 2.34. The molecule has 1 aliphatic heterocycles. The van der Waals surface area contributed by atoms with Crippen LogP contribution < -0.4 is 4.90 Å². The molecule has 1 aliphatic rings. The van der Waals surface area contributed by atoms with Crippen molar-refractivity contribution in [2.45, 2.75) is 13.0 Å². The average molecular weight is 280 g/mol. The molecule has 0 saturated carbocycles. The second-order valence-corrected chi connectivity index (χ2v) is 4.22. The topological polar surface area (TPSA) is 89.0 Å². The zero-order valence-electron chi connectivity index (χ0n) is 11.1. The Morgan fingerprint density at radius 2 is 2.40 bits per heavy atom. The highest BCUT2D eigenvalue weighted by Crippen LogP contribution is 2.22.